The molecule has 2 fully saturated rings. The van der Waals surface area contributed by atoms with Gasteiger partial charge in [-0.05, 0) is 59.8 Å². The first-order valence-electron chi connectivity index (χ1n) is 10.4. The molecular formula is C25H21FN3OP. The van der Waals surface area contributed by atoms with Crippen molar-refractivity contribution in [1.82, 2.24) is 14.7 Å². The summed E-state index contributed by atoms with van der Waals surface area (Å²) in [6.45, 7) is 3.76. The Bertz CT molecular complexity index is 1300. The van der Waals surface area contributed by atoms with E-state index in [-0.39, 0.29) is 18.9 Å². The summed E-state index contributed by atoms with van der Waals surface area (Å²) in [7, 11) is -0.358. The second-order valence-electron chi connectivity index (χ2n) is 8.44. The van der Waals surface area contributed by atoms with Gasteiger partial charge in [-0.3, -0.25) is 4.79 Å². The number of halogens is 1. The molecule has 0 saturated carbocycles. The Kier molecular flexibility index (Phi) is 4.06. The summed E-state index contributed by atoms with van der Waals surface area (Å²) in [6.07, 6.45) is 2.87. The highest BCUT2D eigenvalue weighted by atomic mass is 31.1. The first-order chi connectivity index (χ1) is 15.1. The Hall–Kier alpha value is -3.04. The molecule has 154 valence electrons. The lowest BCUT2D eigenvalue weighted by Crippen LogP contribution is -2.26. The van der Waals surface area contributed by atoms with Crippen molar-refractivity contribution in [2.75, 3.05) is 13.1 Å². The molecule has 3 unspecified atom stereocenters. The zero-order valence-corrected chi connectivity index (χ0v) is 18.0. The van der Waals surface area contributed by atoms with Crippen molar-refractivity contribution < 1.29 is 9.18 Å². The van der Waals surface area contributed by atoms with Crippen LogP contribution >= 0.6 is 7.92 Å². The summed E-state index contributed by atoms with van der Waals surface area (Å²) in [6, 6.07) is 21.6. The molecule has 31 heavy (non-hydrogen) atoms. The molecule has 4 aromatic rings. The first kappa shape index (κ1) is 18.7. The lowest BCUT2D eigenvalue weighted by atomic mass is 9.93. The van der Waals surface area contributed by atoms with E-state index in [0.717, 1.165) is 36.1 Å². The molecule has 2 aliphatic rings. The number of carbonyl (C=O) groups is 1. The normalized spacial score (nSPS) is 24.4. The van der Waals surface area contributed by atoms with Gasteiger partial charge in [0.25, 0.3) is 0 Å². The molecule has 6 heteroatoms. The number of amides is 1. The molecule has 6 rings (SSSR count). The van der Waals surface area contributed by atoms with Crippen LogP contribution in [0.4, 0.5) is 4.39 Å². The fourth-order valence-corrected chi connectivity index (χ4v) is 9.09. The van der Waals surface area contributed by atoms with E-state index in [9.17, 15) is 9.18 Å². The lowest BCUT2D eigenvalue weighted by Gasteiger charge is -2.23. The van der Waals surface area contributed by atoms with Gasteiger partial charge in [-0.15, -0.1) is 0 Å². The topological polar surface area (TPSA) is 38.1 Å². The van der Waals surface area contributed by atoms with Crippen molar-refractivity contribution >= 4 is 30.5 Å². The number of hydrogen-bond acceptors (Lipinski definition) is 2. The molecule has 0 radical (unpaired) electrons. The molecule has 1 amide bonds. The van der Waals surface area contributed by atoms with Gasteiger partial charge in [0.1, 0.15) is 5.82 Å². The van der Waals surface area contributed by atoms with Crippen LogP contribution in [0.2, 0.25) is 0 Å². The molecular weight excluding hydrogens is 408 g/mol. The highest BCUT2D eigenvalue weighted by molar-refractivity contribution is 7.75. The number of likely N-dealkylation sites (tertiary alicyclic amines) is 1. The second-order valence-corrected chi connectivity index (χ2v) is 11.1. The minimum atomic E-state index is -0.358. The van der Waals surface area contributed by atoms with Crippen molar-refractivity contribution in [3.8, 4) is 5.69 Å². The van der Waals surface area contributed by atoms with Gasteiger partial charge < -0.3 is 4.90 Å². The van der Waals surface area contributed by atoms with Crippen molar-refractivity contribution in [2.24, 2.45) is 0 Å². The van der Waals surface area contributed by atoms with Crippen LogP contribution in [0, 0.1) is 12.7 Å². The van der Waals surface area contributed by atoms with Crippen LogP contribution in [-0.4, -0.2) is 39.8 Å². The predicted octanol–water partition coefficient (Wildman–Crippen LogP) is 4.33. The largest absolute Gasteiger partial charge is 0.343 e. The molecule has 0 N–H and O–H groups in total. The van der Waals surface area contributed by atoms with Gasteiger partial charge in [0.05, 0.1) is 17.4 Å². The summed E-state index contributed by atoms with van der Waals surface area (Å²) in [4.78, 5) is 13.5. The molecule has 2 aliphatic heterocycles. The molecule has 0 spiro atoms. The third-order valence-electron chi connectivity index (χ3n) is 6.71. The minimum Gasteiger partial charge on any atom is -0.343 e. The molecule has 0 aliphatic carbocycles. The smallest absolute Gasteiger partial charge is 0.209 e. The number of benzene rings is 3. The summed E-state index contributed by atoms with van der Waals surface area (Å²) in [5, 5.41) is 7.08. The van der Waals surface area contributed by atoms with E-state index in [1.54, 1.807) is 12.1 Å². The maximum Gasteiger partial charge on any atom is 0.209 e. The lowest BCUT2D eigenvalue weighted by molar-refractivity contribution is -0.117. The van der Waals surface area contributed by atoms with Crippen LogP contribution in [0.5, 0.6) is 0 Å². The Morgan fingerprint density at radius 2 is 1.90 bits per heavy atom. The predicted molar refractivity (Wildman–Crippen MR) is 122 cm³/mol. The van der Waals surface area contributed by atoms with Crippen LogP contribution in [-0.2, 0) is 9.95 Å². The Morgan fingerprint density at radius 1 is 1.13 bits per heavy atom. The number of hydrogen-bond donors (Lipinski definition) is 0. The van der Waals surface area contributed by atoms with E-state index < -0.39 is 0 Å². The van der Waals surface area contributed by atoms with Crippen LogP contribution in [0.15, 0.2) is 72.9 Å². The minimum absolute atomic E-state index is 0.0217. The fourth-order valence-electron chi connectivity index (χ4n) is 5.31. The Balaban J connectivity index is 1.47. The standard InChI is InChI=1S/C25H21FN3OP/c1-17-11-23-18(13-27-29(23)20-9-7-19(26)8-10-20)12-22(17)25-15-28(16-30)14-24(25)31(25)21-5-3-2-4-6-21/h2-13,16,24H,14-15H2,1H3. The molecule has 3 atom stereocenters. The fraction of sp³-hybridized carbons (Fsp3) is 0.200. The zero-order chi connectivity index (χ0) is 21.2. The van der Waals surface area contributed by atoms with Crippen LogP contribution in [0.1, 0.15) is 11.1 Å². The van der Waals surface area contributed by atoms with Crippen LogP contribution < -0.4 is 5.30 Å². The van der Waals surface area contributed by atoms with Gasteiger partial charge in [-0.2, -0.15) is 5.10 Å². The summed E-state index contributed by atoms with van der Waals surface area (Å²) >= 11 is 0. The van der Waals surface area contributed by atoms with Crippen molar-refractivity contribution in [3.05, 3.63) is 89.9 Å². The highest BCUT2D eigenvalue weighted by Crippen LogP contribution is 2.82. The van der Waals surface area contributed by atoms with Gasteiger partial charge in [0.2, 0.25) is 6.41 Å². The van der Waals surface area contributed by atoms with Crippen molar-refractivity contribution in [1.29, 1.82) is 0 Å². The molecule has 1 aromatic heterocycles. The first-order valence-corrected chi connectivity index (χ1v) is 11.8. The van der Waals surface area contributed by atoms with E-state index >= 15 is 0 Å². The van der Waals surface area contributed by atoms with Crippen LogP contribution in [0.3, 0.4) is 0 Å². The molecule has 2 saturated heterocycles. The van der Waals surface area contributed by atoms with E-state index in [2.05, 4.69) is 54.5 Å². The van der Waals surface area contributed by atoms with Crippen LogP contribution in [0.25, 0.3) is 16.6 Å². The second kappa shape index (κ2) is 6.73. The third-order valence-corrected chi connectivity index (χ3v) is 10.1. The summed E-state index contributed by atoms with van der Waals surface area (Å²) in [5.74, 6) is -0.257. The molecule has 3 aromatic carbocycles. The van der Waals surface area contributed by atoms with E-state index in [4.69, 9.17) is 0 Å². The quantitative estimate of drug-likeness (QED) is 0.358. The number of rotatable bonds is 4. The average Bonchev–Trinajstić information content (AvgIpc) is 3.07. The molecule has 4 nitrogen and oxygen atoms in total. The SMILES string of the molecule is Cc1cc2c(cnn2-c2ccc(F)cc2)cc1C12CN(C=O)CC1P2c1ccccc1. The van der Waals surface area contributed by atoms with Gasteiger partial charge >= 0.3 is 0 Å². The Morgan fingerprint density at radius 3 is 2.65 bits per heavy atom. The summed E-state index contributed by atoms with van der Waals surface area (Å²) < 4.78 is 15.2. The zero-order valence-electron chi connectivity index (χ0n) is 17.1. The van der Waals surface area contributed by atoms with Gasteiger partial charge in [0.15, 0.2) is 0 Å². The molecule has 3 heterocycles. The maximum atomic E-state index is 13.4. The summed E-state index contributed by atoms with van der Waals surface area (Å²) in [5.41, 5.74) is 4.90. The van der Waals surface area contributed by atoms with Crippen molar-refractivity contribution in [3.63, 3.8) is 0 Å². The van der Waals surface area contributed by atoms with E-state index in [1.165, 1.54) is 28.6 Å². The number of nitrogens with zero attached hydrogens (tertiary/aromatic N) is 3. The molecule has 0 bridgehead atoms. The maximum absolute atomic E-state index is 13.4. The Labute approximate surface area is 181 Å². The number of aromatic nitrogens is 2. The number of aryl methyl sites for hydroxylation is 1. The monoisotopic (exact) mass is 429 g/mol. The van der Waals surface area contributed by atoms with Gasteiger partial charge in [-0.25, -0.2) is 9.07 Å². The van der Waals surface area contributed by atoms with E-state index in [1.807, 2.05) is 15.8 Å². The van der Waals surface area contributed by atoms with E-state index in [0.29, 0.717) is 5.66 Å². The number of carbonyl (C=O) groups excluding carboxylic acids is 1. The third kappa shape index (κ3) is 2.69. The van der Waals surface area contributed by atoms with Gasteiger partial charge in [-0.1, -0.05) is 38.3 Å². The van der Waals surface area contributed by atoms with Gasteiger partial charge in [0, 0.05) is 29.3 Å². The number of fused-ring (bicyclic) bond motifs is 2. The average molecular weight is 429 g/mol. The van der Waals surface area contributed by atoms with Crippen molar-refractivity contribution in [2.45, 2.75) is 17.7 Å². The highest BCUT2D eigenvalue weighted by Gasteiger charge is 2.70.